The number of carbonyl (C=O) groups excluding carboxylic acids is 1. The molecule has 4 rings (SSSR count). The molecule has 1 saturated heterocycles. The molecule has 4 nitrogen and oxygen atoms in total. The average molecular weight is 412 g/mol. The molecular formula is C21H22BrN3O. The van der Waals surface area contributed by atoms with Gasteiger partial charge in [-0.15, -0.1) is 0 Å². The Balaban J connectivity index is 1.75. The van der Waals surface area contributed by atoms with Crippen LogP contribution in [0.25, 0.3) is 22.4 Å². The van der Waals surface area contributed by atoms with Gasteiger partial charge >= 0.3 is 0 Å². The van der Waals surface area contributed by atoms with Crippen LogP contribution in [0, 0.1) is 0 Å². The van der Waals surface area contributed by atoms with E-state index in [9.17, 15) is 4.79 Å². The van der Waals surface area contributed by atoms with E-state index < -0.39 is 0 Å². The number of hydrogen-bond donors (Lipinski definition) is 0. The summed E-state index contributed by atoms with van der Waals surface area (Å²) in [4.78, 5) is 19.9. The molecule has 134 valence electrons. The van der Waals surface area contributed by atoms with Gasteiger partial charge in [-0.3, -0.25) is 4.79 Å². The van der Waals surface area contributed by atoms with Crippen LogP contribution < -0.4 is 0 Å². The molecule has 1 aliphatic rings. The predicted octanol–water partition coefficient (Wildman–Crippen LogP) is 4.87. The molecule has 1 unspecified atom stereocenters. The lowest BCUT2D eigenvalue weighted by Gasteiger charge is -2.33. The van der Waals surface area contributed by atoms with E-state index in [1.54, 1.807) is 0 Å². The fraction of sp³-hybridized carbons (Fsp3) is 0.333. The number of likely N-dealkylation sites (tertiary alicyclic amines) is 1. The Bertz CT molecular complexity index is 949. The van der Waals surface area contributed by atoms with Gasteiger partial charge in [0.15, 0.2) is 0 Å². The predicted molar refractivity (Wildman–Crippen MR) is 108 cm³/mol. The van der Waals surface area contributed by atoms with Crippen LogP contribution in [0.1, 0.15) is 26.2 Å². The van der Waals surface area contributed by atoms with Crippen molar-refractivity contribution in [3.05, 3.63) is 53.0 Å². The molecule has 1 atom stereocenters. The number of fused-ring (bicyclic) bond motifs is 1. The zero-order valence-corrected chi connectivity index (χ0v) is 16.4. The molecule has 1 amide bonds. The smallest absolute Gasteiger partial charge is 0.242 e. The van der Waals surface area contributed by atoms with Crippen LogP contribution >= 0.6 is 15.9 Å². The molecule has 0 spiro atoms. The summed E-state index contributed by atoms with van der Waals surface area (Å²) in [6.07, 6.45) is 3.40. The zero-order valence-electron chi connectivity index (χ0n) is 14.9. The van der Waals surface area contributed by atoms with Crippen molar-refractivity contribution in [3.63, 3.8) is 0 Å². The van der Waals surface area contributed by atoms with Crippen molar-refractivity contribution < 1.29 is 4.79 Å². The second-order valence-electron chi connectivity index (χ2n) is 6.95. The fourth-order valence-corrected chi connectivity index (χ4v) is 4.18. The third-order valence-corrected chi connectivity index (χ3v) is 5.65. The summed E-state index contributed by atoms with van der Waals surface area (Å²) in [5, 5.41) is 0. The molecule has 2 aromatic carbocycles. The standard InChI is InChI=1S/C21H22BrN3O/c1-15-7-4-5-12-24(15)20(26)14-25-19-11-3-2-10-18(19)23-21(25)16-8-6-9-17(22)13-16/h2-3,6,8-11,13,15H,4-5,7,12,14H2,1H3. The Hall–Kier alpha value is -2.14. The molecule has 0 N–H and O–H groups in total. The number of hydrogen-bond acceptors (Lipinski definition) is 2. The van der Waals surface area contributed by atoms with Crippen LogP contribution in [0.2, 0.25) is 0 Å². The second kappa shape index (κ2) is 7.23. The Morgan fingerprint density at radius 2 is 2.04 bits per heavy atom. The SMILES string of the molecule is CC1CCCCN1C(=O)Cn1c(-c2cccc(Br)c2)nc2ccccc21. The van der Waals surface area contributed by atoms with E-state index in [1.807, 2.05) is 53.4 Å². The van der Waals surface area contributed by atoms with Gasteiger partial charge in [0.25, 0.3) is 0 Å². The summed E-state index contributed by atoms with van der Waals surface area (Å²) >= 11 is 3.54. The number of imidazole rings is 1. The normalized spacial score (nSPS) is 17.6. The van der Waals surface area contributed by atoms with Gasteiger partial charge in [0.05, 0.1) is 11.0 Å². The van der Waals surface area contributed by atoms with Gasteiger partial charge in [-0.1, -0.05) is 40.2 Å². The molecule has 26 heavy (non-hydrogen) atoms. The largest absolute Gasteiger partial charge is 0.338 e. The van der Waals surface area contributed by atoms with Gasteiger partial charge in [-0.05, 0) is 50.5 Å². The monoisotopic (exact) mass is 411 g/mol. The topological polar surface area (TPSA) is 38.1 Å². The van der Waals surface area contributed by atoms with Crippen LogP contribution in [0.15, 0.2) is 53.0 Å². The highest BCUT2D eigenvalue weighted by Crippen LogP contribution is 2.27. The highest BCUT2D eigenvalue weighted by atomic mass is 79.9. The molecule has 2 heterocycles. The third-order valence-electron chi connectivity index (χ3n) is 5.15. The molecule has 3 aromatic rings. The summed E-state index contributed by atoms with van der Waals surface area (Å²) in [5.41, 5.74) is 2.93. The minimum atomic E-state index is 0.177. The molecule has 0 aliphatic carbocycles. The molecule has 1 aromatic heterocycles. The van der Waals surface area contributed by atoms with Crippen molar-refractivity contribution in [1.29, 1.82) is 0 Å². The highest BCUT2D eigenvalue weighted by Gasteiger charge is 2.25. The minimum Gasteiger partial charge on any atom is -0.338 e. The van der Waals surface area contributed by atoms with Gasteiger partial charge in [-0.2, -0.15) is 0 Å². The lowest BCUT2D eigenvalue weighted by molar-refractivity contribution is -0.134. The van der Waals surface area contributed by atoms with E-state index in [0.29, 0.717) is 12.6 Å². The van der Waals surface area contributed by atoms with Crippen LogP contribution in [-0.2, 0) is 11.3 Å². The van der Waals surface area contributed by atoms with Crippen LogP contribution in [0.5, 0.6) is 0 Å². The van der Waals surface area contributed by atoms with Crippen molar-refractivity contribution in [2.45, 2.75) is 38.8 Å². The molecular weight excluding hydrogens is 390 g/mol. The Morgan fingerprint density at radius 3 is 2.85 bits per heavy atom. The molecule has 0 saturated carbocycles. The molecule has 1 fully saturated rings. The van der Waals surface area contributed by atoms with E-state index in [0.717, 1.165) is 46.3 Å². The number of para-hydroxylation sites is 2. The lowest BCUT2D eigenvalue weighted by Crippen LogP contribution is -2.43. The first-order chi connectivity index (χ1) is 12.6. The molecule has 0 bridgehead atoms. The van der Waals surface area contributed by atoms with E-state index in [1.165, 1.54) is 6.42 Å². The van der Waals surface area contributed by atoms with Crippen molar-refractivity contribution in [2.24, 2.45) is 0 Å². The van der Waals surface area contributed by atoms with Gasteiger partial charge in [-0.25, -0.2) is 4.98 Å². The minimum absolute atomic E-state index is 0.177. The lowest BCUT2D eigenvalue weighted by atomic mass is 10.0. The van der Waals surface area contributed by atoms with Crippen LogP contribution in [0.3, 0.4) is 0 Å². The number of piperidine rings is 1. The quantitative estimate of drug-likeness (QED) is 0.616. The second-order valence-corrected chi connectivity index (χ2v) is 7.87. The van der Waals surface area contributed by atoms with E-state index >= 15 is 0 Å². The van der Waals surface area contributed by atoms with E-state index in [2.05, 4.69) is 27.4 Å². The fourth-order valence-electron chi connectivity index (χ4n) is 3.78. The zero-order chi connectivity index (χ0) is 18.1. The summed E-state index contributed by atoms with van der Waals surface area (Å²) in [7, 11) is 0. The van der Waals surface area contributed by atoms with Gasteiger partial charge in [0, 0.05) is 22.6 Å². The Morgan fingerprint density at radius 1 is 1.19 bits per heavy atom. The maximum Gasteiger partial charge on any atom is 0.242 e. The molecule has 0 radical (unpaired) electrons. The first-order valence-electron chi connectivity index (χ1n) is 9.14. The van der Waals surface area contributed by atoms with Crippen molar-refractivity contribution in [1.82, 2.24) is 14.5 Å². The van der Waals surface area contributed by atoms with Gasteiger partial charge < -0.3 is 9.47 Å². The summed E-state index contributed by atoms with van der Waals surface area (Å²) in [6, 6.07) is 16.4. The van der Waals surface area contributed by atoms with Crippen molar-refractivity contribution >= 4 is 32.9 Å². The first-order valence-corrected chi connectivity index (χ1v) is 9.93. The number of halogens is 1. The average Bonchev–Trinajstić information content (AvgIpc) is 3.01. The number of benzene rings is 2. The summed E-state index contributed by atoms with van der Waals surface area (Å²) in [5.74, 6) is 1.02. The maximum atomic E-state index is 13.0. The number of rotatable bonds is 3. The maximum absolute atomic E-state index is 13.0. The van der Waals surface area contributed by atoms with Crippen LogP contribution in [-0.4, -0.2) is 32.9 Å². The highest BCUT2D eigenvalue weighted by molar-refractivity contribution is 9.10. The summed E-state index contributed by atoms with van der Waals surface area (Å²) < 4.78 is 3.06. The summed E-state index contributed by atoms with van der Waals surface area (Å²) in [6.45, 7) is 3.34. The van der Waals surface area contributed by atoms with E-state index in [-0.39, 0.29) is 5.91 Å². The Labute approximate surface area is 162 Å². The van der Waals surface area contributed by atoms with E-state index in [4.69, 9.17) is 4.98 Å². The van der Waals surface area contributed by atoms with Crippen molar-refractivity contribution in [3.8, 4) is 11.4 Å². The third kappa shape index (κ3) is 3.28. The number of carbonyl (C=O) groups is 1. The number of aromatic nitrogens is 2. The van der Waals surface area contributed by atoms with Gasteiger partial charge in [0.2, 0.25) is 5.91 Å². The molecule has 5 heteroatoms. The first kappa shape index (κ1) is 17.3. The van der Waals surface area contributed by atoms with Crippen molar-refractivity contribution in [2.75, 3.05) is 6.54 Å². The number of amides is 1. The Kier molecular flexibility index (Phi) is 4.81. The molecule has 1 aliphatic heterocycles. The number of nitrogens with zero attached hydrogens (tertiary/aromatic N) is 3. The van der Waals surface area contributed by atoms with Crippen LogP contribution in [0.4, 0.5) is 0 Å². The van der Waals surface area contributed by atoms with Gasteiger partial charge in [0.1, 0.15) is 12.4 Å².